The highest BCUT2D eigenvalue weighted by Gasteiger charge is 2.45. The van der Waals surface area contributed by atoms with Crippen LogP contribution in [0.25, 0.3) is 0 Å². The summed E-state index contributed by atoms with van der Waals surface area (Å²) in [5.41, 5.74) is 4.67. The molecule has 0 radical (unpaired) electrons. The van der Waals surface area contributed by atoms with Crippen molar-refractivity contribution in [3.05, 3.63) is 29.3 Å². The van der Waals surface area contributed by atoms with Gasteiger partial charge in [0.15, 0.2) is 0 Å². The van der Waals surface area contributed by atoms with Crippen LogP contribution in [-0.4, -0.2) is 54.0 Å². The number of hydrogen-bond donors (Lipinski definition) is 1. The third-order valence-corrected chi connectivity index (χ3v) is 8.28. The molecule has 1 N–H and O–H groups in total. The molecule has 29 heavy (non-hydrogen) atoms. The molecule has 4 aliphatic heterocycles. The number of nitrogens with zero attached hydrogens (tertiary/aromatic N) is 2. The topological polar surface area (TPSA) is 35.6 Å². The Kier molecular flexibility index (Phi) is 5.09. The minimum atomic E-state index is 0.354. The Morgan fingerprint density at radius 2 is 1.90 bits per heavy atom. The summed E-state index contributed by atoms with van der Waals surface area (Å²) in [5, 5.41) is 3.67. The normalized spacial score (nSPS) is 30.4. The zero-order chi connectivity index (χ0) is 20.0. The highest BCUT2D eigenvalue weighted by molar-refractivity contribution is 5.77. The monoisotopic (exact) mass is 395 g/mol. The lowest BCUT2D eigenvalue weighted by molar-refractivity contribution is -0.136. The summed E-state index contributed by atoms with van der Waals surface area (Å²) < 4.78 is 0. The van der Waals surface area contributed by atoms with E-state index in [9.17, 15) is 4.79 Å². The van der Waals surface area contributed by atoms with Crippen molar-refractivity contribution in [3.63, 3.8) is 0 Å². The average Bonchev–Trinajstić information content (AvgIpc) is 3.19. The standard InChI is InChI=1S/C25H37N3O/c1-3-4-24(29)28-20-6-7-21(28)15-19(14-20)16-27-11-9-25(10-12-27)17-26-23-8-5-18(2)13-22(23)25/h5,8,13,19-21,26H,3-4,6-7,9-12,14-17H2,1-2H3. The molecule has 1 aromatic carbocycles. The Hall–Kier alpha value is -1.55. The number of aryl methyl sites for hydroxylation is 1. The van der Waals surface area contributed by atoms with Crippen molar-refractivity contribution in [1.29, 1.82) is 0 Å². The number of carbonyl (C=O) groups excluding carboxylic acids is 1. The van der Waals surface area contributed by atoms with Gasteiger partial charge in [-0.05, 0) is 82.5 Å². The Balaban J connectivity index is 1.18. The van der Waals surface area contributed by atoms with Crippen molar-refractivity contribution < 1.29 is 4.79 Å². The zero-order valence-corrected chi connectivity index (χ0v) is 18.3. The van der Waals surface area contributed by atoms with E-state index < -0.39 is 0 Å². The molecule has 4 nitrogen and oxygen atoms in total. The average molecular weight is 396 g/mol. The van der Waals surface area contributed by atoms with Crippen LogP contribution < -0.4 is 5.32 Å². The number of rotatable bonds is 4. The summed E-state index contributed by atoms with van der Waals surface area (Å²) >= 11 is 0. The third kappa shape index (κ3) is 3.48. The molecule has 3 fully saturated rings. The fourth-order valence-corrected chi connectivity index (χ4v) is 6.77. The molecule has 158 valence electrons. The fraction of sp³-hybridized carbons (Fsp3) is 0.720. The SMILES string of the molecule is CCCC(=O)N1C2CCC1CC(CN1CCC3(CC1)CNc1ccc(C)cc13)C2. The van der Waals surface area contributed by atoms with E-state index in [4.69, 9.17) is 0 Å². The number of fused-ring (bicyclic) bond motifs is 4. The van der Waals surface area contributed by atoms with Gasteiger partial charge < -0.3 is 15.1 Å². The van der Waals surface area contributed by atoms with E-state index >= 15 is 0 Å². The van der Waals surface area contributed by atoms with E-state index in [1.807, 2.05) is 0 Å². The number of anilines is 1. The van der Waals surface area contributed by atoms with E-state index in [0.29, 0.717) is 23.4 Å². The van der Waals surface area contributed by atoms with Gasteiger partial charge in [0.25, 0.3) is 0 Å². The van der Waals surface area contributed by atoms with E-state index in [0.717, 1.165) is 25.3 Å². The number of likely N-dealkylation sites (tertiary alicyclic amines) is 1. The summed E-state index contributed by atoms with van der Waals surface area (Å²) in [7, 11) is 0. The molecule has 1 spiro atoms. The molecule has 5 rings (SSSR count). The molecule has 2 unspecified atom stereocenters. The number of nitrogens with one attached hydrogen (secondary N) is 1. The Bertz CT molecular complexity index is 753. The largest absolute Gasteiger partial charge is 0.384 e. The van der Waals surface area contributed by atoms with Crippen LogP contribution in [0.4, 0.5) is 5.69 Å². The van der Waals surface area contributed by atoms with Crippen molar-refractivity contribution in [2.75, 3.05) is 31.5 Å². The molecule has 1 aromatic rings. The molecule has 4 aliphatic rings. The quantitative estimate of drug-likeness (QED) is 0.824. The maximum absolute atomic E-state index is 12.5. The summed E-state index contributed by atoms with van der Waals surface area (Å²) in [6.45, 7) is 9.13. The maximum Gasteiger partial charge on any atom is 0.223 e. The second kappa shape index (κ2) is 7.61. The number of piperidine rings is 2. The summed E-state index contributed by atoms with van der Waals surface area (Å²) in [4.78, 5) is 17.5. The van der Waals surface area contributed by atoms with Crippen LogP contribution in [0.5, 0.6) is 0 Å². The van der Waals surface area contributed by atoms with Gasteiger partial charge in [0.05, 0.1) is 0 Å². The van der Waals surface area contributed by atoms with Gasteiger partial charge in [-0.25, -0.2) is 0 Å². The van der Waals surface area contributed by atoms with Crippen LogP contribution in [0.15, 0.2) is 18.2 Å². The van der Waals surface area contributed by atoms with Crippen molar-refractivity contribution in [2.24, 2.45) is 5.92 Å². The van der Waals surface area contributed by atoms with Crippen LogP contribution in [0.1, 0.15) is 69.4 Å². The lowest BCUT2D eigenvalue weighted by Crippen LogP contribution is -2.50. The van der Waals surface area contributed by atoms with Gasteiger partial charge in [0.2, 0.25) is 5.91 Å². The predicted molar refractivity (Wildman–Crippen MR) is 118 cm³/mol. The second-order valence-corrected chi connectivity index (χ2v) is 10.3. The van der Waals surface area contributed by atoms with E-state index in [-0.39, 0.29) is 0 Å². The van der Waals surface area contributed by atoms with Gasteiger partial charge in [0, 0.05) is 42.7 Å². The molecule has 4 heterocycles. The van der Waals surface area contributed by atoms with Crippen LogP contribution in [-0.2, 0) is 10.2 Å². The first-order chi connectivity index (χ1) is 14.1. The molecule has 2 atom stereocenters. The predicted octanol–water partition coefficient (Wildman–Crippen LogP) is 4.32. The van der Waals surface area contributed by atoms with Gasteiger partial charge in [-0.2, -0.15) is 0 Å². The number of carbonyl (C=O) groups is 1. The van der Waals surface area contributed by atoms with Gasteiger partial charge in [-0.15, -0.1) is 0 Å². The molecule has 0 aromatic heterocycles. The van der Waals surface area contributed by atoms with Crippen LogP contribution in [0, 0.1) is 12.8 Å². The molecule has 0 aliphatic carbocycles. The maximum atomic E-state index is 12.5. The number of amides is 1. The van der Waals surface area contributed by atoms with Crippen molar-refractivity contribution in [2.45, 2.75) is 82.7 Å². The Morgan fingerprint density at radius 3 is 2.59 bits per heavy atom. The van der Waals surface area contributed by atoms with Crippen LogP contribution >= 0.6 is 0 Å². The minimum absolute atomic E-state index is 0.354. The van der Waals surface area contributed by atoms with Gasteiger partial charge in [-0.3, -0.25) is 4.79 Å². The Labute approximate surface area is 176 Å². The first-order valence-electron chi connectivity index (χ1n) is 12.0. The summed E-state index contributed by atoms with van der Waals surface area (Å²) in [5.74, 6) is 1.20. The van der Waals surface area contributed by atoms with Gasteiger partial charge in [-0.1, -0.05) is 24.6 Å². The number of benzene rings is 1. The first kappa shape index (κ1) is 19.4. The fourth-order valence-electron chi connectivity index (χ4n) is 6.77. The van der Waals surface area contributed by atoms with E-state index in [2.05, 4.69) is 47.2 Å². The van der Waals surface area contributed by atoms with Gasteiger partial charge in [0.1, 0.15) is 0 Å². The van der Waals surface area contributed by atoms with Gasteiger partial charge >= 0.3 is 0 Å². The highest BCUT2D eigenvalue weighted by Crippen LogP contribution is 2.45. The molecule has 4 heteroatoms. The molecular weight excluding hydrogens is 358 g/mol. The lowest BCUT2D eigenvalue weighted by Gasteiger charge is -2.44. The molecule has 1 amide bonds. The highest BCUT2D eigenvalue weighted by atomic mass is 16.2. The molecule has 3 saturated heterocycles. The third-order valence-electron chi connectivity index (χ3n) is 8.28. The summed E-state index contributed by atoms with van der Waals surface area (Å²) in [6, 6.07) is 7.98. The Morgan fingerprint density at radius 1 is 1.17 bits per heavy atom. The zero-order valence-electron chi connectivity index (χ0n) is 18.3. The number of hydrogen-bond acceptors (Lipinski definition) is 3. The van der Waals surface area contributed by atoms with Crippen LogP contribution in [0.3, 0.4) is 0 Å². The molecular formula is C25H37N3O. The lowest BCUT2D eigenvalue weighted by atomic mass is 9.73. The van der Waals surface area contributed by atoms with Crippen molar-refractivity contribution >= 4 is 11.6 Å². The molecule has 2 bridgehead atoms. The molecule has 0 saturated carbocycles. The van der Waals surface area contributed by atoms with E-state index in [1.165, 1.54) is 69.4 Å². The van der Waals surface area contributed by atoms with E-state index in [1.54, 1.807) is 5.56 Å². The minimum Gasteiger partial charge on any atom is -0.384 e. The van der Waals surface area contributed by atoms with Crippen molar-refractivity contribution in [1.82, 2.24) is 9.80 Å². The van der Waals surface area contributed by atoms with Crippen LogP contribution in [0.2, 0.25) is 0 Å². The smallest absolute Gasteiger partial charge is 0.223 e. The van der Waals surface area contributed by atoms with Crippen molar-refractivity contribution in [3.8, 4) is 0 Å². The second-order valence-electron chi connectivity index (χ2n) is 10.3. The summed E-state index contributed by atoms with van der Waals surface area (Å²) in [6.07, 6.45) is 9.21. The first-order valence-corrected chi connectivity index (χ1v) is 12.0.